The zero-order valence-corrected chi connectivity index (χ0v) is 13.3. The molecule has 3 rings (SSSR count). The number of nitrogens with one attached hydrogen (secondary N) is 1. The molecule has 2 atom stereocenters. The van der Waals surface area contributed by atoms with Crippen LogP contribution >= 0.6 is 11.3 Å². The summed E-state index contributed by atoms with van der Waals surface area (Å²) < 4.78 is 0. The van der Waals surface area contributed by atoms with E-state index in [0.717, 1.165) is 0 Å². The minimum Gasteiger partial charge on any atom is -0.302 e. The molecule has 1 aliphatic carbocycles. The molecule has 20 heavy (non-hydrogen) atoms. The average molecular weight is 285 g/mol. The maximum absolute atomic E-state index is 3.88. The van der Waals surface area contributed by atoms with Gasteiger partial charge in [0.05, 0.1) is 0 Å². The van der Waals surface area contributed by atoms with Crippen molar-refractivity contribution >= 4 is 11.3 Å². The number of hydrogen-bond acceptors (Lipinski definition) is 2. The van der Waals surface area contributed by atoms with Crippen LogP contribution in [0.2, 0.25) is 0 Å². The molecule has 106 valence electrons. The summed E-state index contributed by atoms with van der Waals surface area (Å²) in [6.45, 7) is 7.06. The number of rotatable bonds is 3. The summed E-state index contributed by atoms with van der Waals surface area (Å²) in [5.74, 6) is 0. The molecule has 0 radical (unpaired) electrons. The van der Waals surface area contributed by atoms with Crippen LogP contribution in [0.25, 0.3) is 0 Å². The average Bonchev–Trinajstić information content (AvgIpc) is 2.96. The molecule has 0 spiro atoms. The lowest BCUT2D eigenvalue weighted by Crippen LogP contribution is -2.39. The third-order valence-corrected chi connectivity index (χ3v) is 5.63. The van der Waals surface area contributed by atoms with Gasteiger partial charge in [-0.15, -0.1) is 11.3 Å². The Kier molecular flexibility index (Phi) is 3.70. The molecular formula is C18H23NS. The van der Waals surface area contributed by atoms with Crippen molar-refractivity contribution in [3.05, 3.63) is 57.8 Å². The standard InChI is InChI=1S/C18H23NS/c1-13(16-9-6-12-20-16)19-17-15-8-5-4-7-14(15)10-11-18(17,2)3/h4-9,12-13,17,19H,10-11H2,1-3H3/t13-,17?/m1/s1. The summed E-state index contributed by atoms with van der Waals surface area (Å²) in [4.78, 5) is 1.42. The maximum atomic E-state index is 3.88. The van der Waals surface area contributed by atoms with Gasteiger partial charge in [-0.1, -0.05) is 44.2 Å². The molecule has 0 saturated heterocycles. The highest BCUT2D eigenvalue weighted by molar-refractivity contribution is 7.10. The summed E-state index contributed by atoms with van der Waals surface area (Å²) in [5, 5.41) is 6.04. The van der Waals surface area contributed by atoms with Crippen LogP contribution in [0.4, 0.5) is 0 Å². The van der Waals surface area contributed by atoms with Crippen molar-refractivity contribution in [1.29, 1.82) is 0 Å². The van der Waals surface area contributed by atoms with Crippen molar-refractivity contribution in [2.75, 3.05) is 0 Å². The van der Waals surface area contributed by atoms with Crippen LogP contribution in [0.1, 0.15) is 55.3 Å². The van der Waals surface area contributed by atoms with E-state index in [1.54, 1.807) is 0 Å². The second-order valence-corrected chi connectivity index (χ2v) is 7.50. The van der Waals surface area contributed by atoms with Gasteiger partial charge in [0.2, 0.25) is 0 Å². The normalized spacial score (nSPS) is 22.2. The third-order valence-electron chi connectivity index (χ3n) is 4.57. The van der Waals surface area contributed by atoms with E-state index in [4.69, 9.17) is 0 Å². The van der Waals surface area contributed by atoms with Crippen molar-refractivity contribution < 1.29 is 0 Å². The Labute approximate surface area is 126 Å². The fourth-order valence-electron chi connectivity index (χ4n) is 3.25. The highest BCUT2D eigenvalue weighted by atomic mass is 32.1. The molecule has 1 aromatic heterocycles. The lowest BCUT2D eigenvalue weighted by molar-refractivity contribution is 0.197. The van der Waals surface area contributed by atoms with E-state index >= 15 is 0 Å². The van der Waals surface area contributed by atoms with E-state index in [1.165, 1.54) is 28.8 Å². The predicted octanol–water partition coefficient (Wildman–Crippen LogP) is 5.11. The summed E-state index contributed by atoms with van der Waals surface area (Å²) in [5.41, 5.74) is 3.31. The molecule has 0 bridgehead atoms. The molecule has 2 aromatic rings. The highest BCUT2D eigenvalue weighted by Crippen LogP contribution is 2.44. The van der Waals surface area contributed by atoms with Gasteiger partial charge in [0.25, 0.3) is 0 Å². The Balaban J connectivity index is 1.90. The molecule has 0 aliphatic heterocycles. The first kappa shape index (κ1) is 13.8. The van der Waals surface area contributed by atoms with E-state index in [0.29, 0.717) is 17.5 Å². The van der Waals surface area contributed by atoms with Crippen LogP contribution in [0, 0.1) is 5.41 Å². The SMILES string of the molecule is C[C@@H](NC1c2ccccc2CCC1(C)C)c1cccs1. The lowest BCUT2D eigenvalue weighted by Gasteiger charge is -2.42. The largest absolute Gasteiger partial charge is 0.302 e. The quantitative estimate of drug-likeness (QED) is 0.826. The van der Waals surface area contributed by atoms with Crippen molar-refractivity contribution in [3.8, 4) is 0 Å². The van der Waals surface area contributed by atoms with Gasteiger partial charge >= 0.3 is 0 Å². The van der Waals surface area contributed by atoms with Crippen molar-refractivity contribution in [2.45, 2.75) is 45.7 Å². The van der Waals surface area contributed by atoms with Gasteiger partial charge in [-0.05, 0) is 47.8 Å². The Morgan fingerprint density at radius 2 is 2.00 bits per heavy atom. The van der Waals surface area contributed by atoms with Crippen molar-refractivity contribution in [1.82, 2.24) is 5.32 Å². The van der Waals surface area contributed by atoms with Gasteiger partial charge in [0.1, 0.15) is 0 Å². The van der Waals surface area contributed by atoms with Gasteiger partial charge in [-0.3, -0.25) is 0 Å². The summed E-state index contributed by atoms with van der Waals surface area (Å²) in [6.07, 6.45) is 2.45. The molecule has 1 unspecified atom stereocenters. The van der Waals surface area contributed by atoms with Crippen LogP contribution in [-0.2, 0) is 6.42 Å². The number of hydrogen-bond donors (Lipinski definition) is 1. The van der Waals surface area contributed by atoms with Gasteiger partial charge in [0, 0.05) is 17.0 Å². The van der Waals surface area contributed by atoms with Crippen LogP contribution < -0.4 is 5.32 Å². The Morgan fingerprint density at radius 1 is 1.20 bits per heavy atom. The third kappa shape index (κ3) is 2.55. The molecule has 1 N–H and O–H groups in total. The van der Waals surface area contributed by atoms with Gasteiger partial charge in [-0.25, -0.2) is 0 Å². The number of benzene rings is 1. The van der Waals surface area contributed by atoms with Crippen molar-refractivity contribution in [2.24, 2.45) is 5.41 Å². The van der Waals surface area contributed by atoms with Crippen LogP contribution in [-0.4, -0.2) is 0 Å². The Morgan fingerprint density at radius 3 is 2.75 bits per heavy atom. The van der Waals surface area contributed by atoms with E-state index in [1.807, 2.05) is 11.3 Å². The van der Waals surface area contributed by atoms with E-state index < -0.39 is 0 Å². The number of fused-ring (bicyclic) bond motifs is 1. The highest BCUT2D eigenvalue weighted by Gasteiger charge is 2.36. The molecule has 1 aliphatic rings. The first-order chi connectivity index (χ1) is 9.58. The molecule has 1 aromatic carbocycles. The van der Waals surface area contributed by atoms with Gasteiger partial charge in [0.15, 0.2) is 0 Å². The van der Waals surface area contributed by atoms with E-state index in [2.05, 4.69) is 67.9 Å². The topological polar surface area (TPSA) is 12.0 Å². The molecular weight excluding hydrogens is 262 g/mol. The predicted molar refractivity (Wildman–Crippen MR) is 87.2 cm³/mol. The lowest BCUT2D eigenvalue weighted by atomic mass is 9.70. The van der Waals surface area contributed by atoms with Crippen LogP contribution in [0.3, 0.4) is 0 Å². The molecule has 2 heteroatoms. The molecule has 0 fully saturated rings. The van der Waals surface area contributed by atoms with Gasteiger partial charge in [-0.2, -0.15) is 0 Å². The van der Waals surface area contributed by atoms with Crippen LogP contribution in [0.5, 0.6) is 0 Å². The molecule has 1 heterocycles. The monoisotopic (exact) mass is 285 g/mol. The van der Waals surface area contributed by atoms with E-state index in [9.17, 15) is 0 Å². The zero-order chi connectivity index (χ0) is 14.2. The Hall–Kier alpha value is -1.12. The minimum absolute atomic E-state index is 0.305. The second-order valence-electron chi connectivity index (χ2n) is 6.52. The maximum Gasteiger partial charge on any atom is 0.0391 e. The minimum atomic E-state index is 0.305. The summed E-state index contributed by atoms with van der Waals surface area (Å²) >= 11 is 1.84. The van der Waals surface area contributed by atoms with Crippen LogP contribution in [0.15, 0.2) is 41.8 Å². The summed E-state index contributed by atoms with van der Waals surface area (Å²) in [6, 6.07) is 14.1. The first-order valence-corrected chi connectivity index (χ1v) is 8.33. The smallest absolute Gasteiger partial charge is 0.0391 e. The van der Waals surface area contributed by atoms with Crippen molar-refractivity contribution in [3.63, 3.8) is 0 Å². The molecule has 1 nitrogen and oxygen atoms in total. The first-order valence-electron chi connectivity index (χ1n) is 7.45. The second kappa shape index (κ2) is 5.34. The zero-order valence-electron chi connectivity index (χ0n) is 12.5. The van der Waals surface area contributed by atoms with E-state index in [-0.39, 0.29) is 0 Å². The molecule has 0 amide bonds. The fourth-order valence-corrected chi connectivity index (χ4v) is 3.99. The molecule has 0 saturated carbocycles. The summed E-state index contributed by atoms with van der Waals surface area (Å²) in [7, 11) is 0. The Bertz CT molecular complexity index is 571. The fraction of sp³-hybridized carbons (Fsp3) is 0.444. The number of aryl methyl sites for hydroxylation is 1. The van der Waals surface area contributed by atoms with Gasteiger partial charge < -0.3 is 5.32 Å². The number of thiophene rings is 1.